The molecule has 4 nitrogen and oxygen atoms in total. The molecule has 0 atom stereocenters. The van der Waals surface area contributed by atoms with Crippen LogP contribution in [0.15, 0.2) is 36.4 Å². The third-order valence-corrected chi connectivity index (χ3v) is 5.32. The zero-order valence-electron chi connectivity index (χ0n) is 17.3. The highest BCUT2D eigenvalue weighted by molar-refractivity contribution is 6.22. The van der Waals surface area contributed by atoms with Gasteiger partial charge in [0, 0.05) is 19.5 Å². The number of benzene rings is 1. The van der Waals surface area contributed by atoms with Crippen LogP contribution < -0.4 is 0 Å². The Morgan fingerprint density at radius 3 is 2.07 bits per heavy atom. The van der Waals surface area contributed by atoms with Gasteiger partial charge in [-0.2, -0.15) is 0 Å². The summed E-state index contributed by atoms with van der Waals surface area (Å²) in [5.41, 5.74) is 1.88. The van der Waals surface area contributed by atoms with Gasteiger partial charge in [-0.05, 0) is 49.0 Å². The summed E-state index contributed by atoms with van der Waals surface area (Å²) in [5, 5.41) is 0. The lowest BCUT2D eigenvalue weighted by molar-refractivity contribution is -0.131. The fourth-order valence-electron chi connectivity index (χ4n) is 3.57. The molecule has 0 spiro atoms. The second-order valence-electron chi connectivity index (χ2n) is 7.61. The van der Waals surface area contributed by atoms with Gasteiger partial charge in [0.2, 0.25) is 5.91 Å². The monoisotopic (exact) mass is 383 g/mol. The summed E-state index contributed by atoms with van der Waals surface area (Å²) in [4.78, 5) is 38.2. The summed E-state index contributed by atoms with van der Waals surface area (Å²) in [7, 11) is 0. The molecule has 0 saturated heterocycles. The van der Waals surface area contributed by atoms with Crippen LogP contribution in [0.25, 0.3) is 0 Å². The lowest BCUT2D eigenvalue weighted by atomic mass is 9.93. The number of ketones is 2. The van der Waals surface area contributed by atoms with Crippen molar-refractivity contribution in [2.75, 3.05) is 13.1 Å². The van der Waals surface area contributed by atoms with Crippen molar-refractivity contribution >= 4 is 17.5 Å². The molecule has 0 bridgehead atoms. The van der Waals surface area contributed by atoms with Crippen molar-refractivity contribution in [1.82, 2.24) is 4.90 Å². The van der Waals surface area contributed by atoms with Crippen molar-refractivity contribution in [3.8, 4) is 0 Å². The van der Waals surface area contributed by atoms with Crippen molar-refractivity contribution < 1.29 is 14.4 Å². The Morgan fingerprint density at radius 1 is 0.857 bits per heavy atom. The van der Waals surface area contributed by atoms with Gasteiger partial charge >= 0.3 is 0 Å². The summed E-state index contributed by atoms with van der Waals surface area (Å²) in [5.74, 6) is -0.683. The van der Waals surface area contributed by atoms with Gasteiger partial charge in [0.05, 0.1) is 0 Å². The molecule has 0 N–H and O–H groups in total. The maximum atomic E-state index is 12.6. The molecule has 1 aromatic rings. The van der Waals surface area contributed by atoms with Crippen LogP contribution in [-0.4, -0.2) is 35.5 Å². The number of nitrogens with zero attached hydrogens (tertiary/aromatic N) is 1. The first-order valence-corrected chi connectivity index (χ1v) is 10.7. The highest BCUT2D eigenvalue weighted by Gasteiger charge is 2.29. The zero-order chi connectivity index (χ0) is 20.4. The van der Waals surface area contributed by atoms with Gasteiger partial charge in [-0.3, -0.25) is 14.4 Å². The molecule has 28 heavy (non-hydrogen) atoms. The first-order chi connectivity index (χ1) is 13.6. The second kappa shape index (κ2) is 11.6. The van der Waals surface area contributed by atoms with Gasteiger partial charge < -0.3 is 4.90 Å². The predicted molar refractivity (Wildman–Crippen MR) is 112 cm³/mol. The van der Waals surface area contributed by atoms with Crippen molar-refractivity contribution in [3.05, 3.63) is 47.5 Å². The average Bonchev–Trinajstić information content (AvgIpc) is 3.03. The molecule has 152 valence electrons. The fourth-order valence-corrected chi connectivity index (χ4v) is 3.57. The summed E-state index contributed by atoms with van der Waals surface area (Å²) in [6.07, 6.45) is 10.5. The van der Waals surface area contributed by atoms with E-state index >= 15 is 0 Å². The van der Waals surface area contributed by atoms with Crippen LogP contribution in [0.3, 0.4) is 0 Å². The first kappa shape index (κ1) is 22.1. The Morgan fingerprint density at radius 2 is 1.46 bits per heavy atom. The molecule has 0 radical (unpaired) electrons. The number of hydrogen-bond donors (Lipinski definition) is 0. The van der Waals surface area contributed by atoms with E-state index in [-0.39, 0.29) is 17.5 Å². The average molecular weight is 384 g/mol. The van der Waals surface area contributed by atoms with E-state index in [4.69, 9.17) is 0 Å². The topological polar surface area (TPSA) is 54.5 Å². The molecule has 0 heterocycles. The first-order valence-electron chi connectivity index (χ1n) is 10.7. The zero-order valence-corrected chi connectivity index (χ0v) is 17.3. The molecule has 0 unspecified atom stereocenters. The molecule has 1 aliphatic carbocycles. The van der Waals surface area contributed by atoms with Crippen LogP contribution in [0, 0.1) is 0 Å². The van der Waals surface area contributed by atoms with Crippen LogP contribution in [0.4, 0.5) is 0 Å². The number of allylic oxidation sites excluding steroid dienone is 2. The standard InChI is InChI=1S/C24H33NO3/c1-3-5-7-18-25(17-6-4-2)23(28)10-8-9-19-11-13-20(14-12-19)24-21(26)15-16-22(24)27/h11-16,24H,3-10,17-18H2,1-2H3. The highest BCUT2D eigenvalue weighted by Crippen LogP contribution is 2.24. The van der Waals surface area contributed by atoms with Gasteiger partial charge in [-0.15, -0.1) is 0 Å². The SMILES string of the molecule is CCCCCN(CCCC)C(=O)CCCc1ccc(C2C(=O)C=CC2=O)cc1. The van der Waals surface area contributed by atoms with E-state index in [1.807, 2.05) is 29.2 Å². The summed E-state index contributed by atoms with van der Waals surface area (Å²) in [6, 6.07) is 7.66. The number of rotatable bonds is 12. The minimum absolute atomic E-state index is 0.140. The molecule has 4 heteroatoms. The van der Waals surface area contributed by atoms with E-state index in [0.29, 0.717) is 6.42 Å². The molecule has 0 aliphatic heterocycles. The Bertz CT molecular complexity index is 672. The van der Waals surface area contributed by atoms with E-state index in [9.17, 15) is 14.4 Å². The molecule has 1 aromatic carbocycles. The van der Waals surface area contributed by atoms with Crippen LogP contribution in [0.5, 0.6) is 0 Å². The molecule has 1 amide bonds. The third kappa shape index (κ3) is 6.43. The fraction of sp³-hybridized carbons (Fsp3) is 0.542. The largest absolute Gasteiger partial charge is 0.343 e. The van der Waals surface area contributed by atoms with Gasteiger partial charge in [0.1, 0.15) is 5.92 Å². The molecule has 0 fully saturated rings. The number of amides is 1. The number of aryl methyl sites for hydroxylation is 1. The molecular formula is C24H33NO3. The van der Waals surface area contributed by atoms with Crippen molar-refractivity contribution in [1.29, 1.82) is 0 Å². The summed E-state index contributed by atoms with van der Waals surface area (Å²) >= 11 is 0. The van der Waals surface area contributed by atoms with E-state index in [2.05, 4.69) is 13.8 Å². The van der Waals surface area contributed by atoms with Gasteiger partial charge in [0.15, 0.2) is 11.6 Å². The van der Waals surface area contributed by atoms with Crippen molar-refractivity contribution in [2.24, 2.45) is 0 Å². The Balaban J connectivity index is 1.81. The lowest BCUT2D eigenvalue weighted by Crippen LogP contribution is -2.32. The van der Waals surface area contributed by atoms with E-state index in [1.54, 1.807) is 0 Å². The summed E-state index contributed by atoms with van der Waals surface area (Å²) < 4.78 is 0. The van der Waals surface area contributed by atoms with Crippen LogP contribution in [-0.2, 0) is 20.8 Å². The third-order valence-electron chi connectivity index (χ3n) is 5.32. The quantitative estimate of drug-likeness (QED) is 0.391. The molecule has 0 saturated carbocycles. The Hall–Kier alpha value is -2.23. The number of unbranched alkanes of at least 4 members (excludes halogenated alkanes) is 3. The number of hydrogen-bond acceptors (Lipinski definition) is 3. The van der Waals surface area contributed by atoms with Crippen molar-refractivity contribution in [2.45, 2.75) is 71.1 Å². The molecular weight excluding hydrogens is 350 g/mol. The second-order valence-corrected chi connectivity index (χ2v) is 7.61. The normalized spacial score (nSPS) is 14.1. The predicted octanol–water partition coefficient (Wildman–Crippen LogP) is 4.62. The van der Waals surface area contributed by atoms with E-state index in [0.717, 1.165) is 56.3 Å². The summed E-state index contributed by atoms with van der Waals surface area (Å²) in [6.45, 7) is 6.07. The highest BCUT2D eigenvalue weighted by atomic mass is 16.2. The molecule has 2 rings (SSSR count). The maximum Gasteiger partial charge on any atom is 0.222 e. The Kier molecular flexibility index (Phi) is 9.12. The van der Waals surface area contributed by atoms with Crippen LogP contribution >= 0.6 is 0 Å². The van der Waals surface area contributed by atoms with E-state index in [1.165, 1.54) is 25.0 Å². The minimum atomic E-state index is -0.661. The Labute approximate surface area is 169 Å². The number of carbonyl (C=O) groups excluding carboxylic acids is 3. The lowest BCUT2D eigenvalue weighted by Gasteiger charge is -2.22. The van der Waals surface area contributed by atoms with E-state index < -0.39 is 5.92 Å². The maximum absolute atomic E-state index is 12.6. The van der Waals surface area contributed by atoms with Crippen molar-refractivity contribution in [3.63, 3.8) is 0 Å². The van der Waals surface area contributed by atoms with Crippen LogP contribution in [0.2, 0.25) is 0 Å². The smallest absolute Gasteiger partial charge is 0.222 e. The number of carbonyl (C=O) groups is 3. The van der Waals surface area contributed by atoms with Crippen LogP contribution in [0.1, 0.15) is 75.8 Å². The van der Waals surface area contributed by atoms with Gasteiger partial charge in [0.25, 0.3) is 0 Å². The minimum Gasteiger partial charge on any atom is -0.343 e. The molecule has 1 aliphatic rings. The van der Waals surface area contributed by atoms with Gasteiger partial charge in [-0.25, -0.2) is 0 Å². The molecule has 0 aromatic heterocycles. The van der Waals surface area contributed by atoms with Gasteiger partial charge in [-0.1, -0.05) is 57.4 Å².